The van der Waals surface area contributed by atoms with Crippen LogP contribution in [0, 0.1) is 0 Å². The number of carbonyl (C=O) groups excluding carboxylic acids is 2. The lowest BCUT2D eigenvalue weighted by molar-refractivity contribution is 0.0969. The van der Waals surface area contributed by atoms with Gasteiger partial charge in [-0.2, -0.15) is 0 Å². The minimum atomic E-state index is -0.239. The van der Waals surface area contributed by atoms with Crippen LogP contribution >= 0.6 is 23.5 Å². The monoisotopic (exact) mass is 350 g/mol. The molecule has 0 radical (unpaired) electrons. The predicted octanol–water partition coefficient (Wildman–Crippen LogP) is 4.71. The van der Waals surface area contributed by atoms with Crippen molar-refractivity contribution in [2.75, 3.05) is 0 Å². The van der Waals surface area contributed by atoms with Crippen molar-refractivity contribution >= 4 is 35.1 Å². The number of rotatable bonds is 0. The fourth-order valence-electron chi connectivity index (χ4n) is 4.19. The van der Waals surface area contributed by atoms with Gasteiger partial charge in [-0.15, -0.1) is 23.5 Å². The zero-order valence-corrected chi connectivity index (χ0v) is 14.9. The van der Waals surface area contributed by atoms with Gasteiger partial charge in [0.2, 0.25) is 0 Å². The van der Waals surface area contributed by atoms with E-state index < -0.39 is 0 Å². The summed E-state index contributed by atoms with van der Waals surface area (Å²) >= 11 is 3.49. The Morgan fingerprint density at radius 1 is 0.750 bits per heavy atom. The van der Waals surface area contributed by atoms with Gasteiger partial charge >= 0.3 is 0 Å². The van der Waals surface area contributed by atoms with Gasteiger partial charge in [-0.25, -0.2) is 0 Å². The molecule has 0 saturated heterocycles. The SMILES string of the molecule is C[C@@]12SC=CC1=C1C(=O)c3ccccc3C(=O)C1=C1C=CS[C@]12C. The first-order chi connectivity index (χ1) is 11.5. The largest absolute Gasteiger partial charge is 0.289 e. The average molecular weight is 350 g/mol. The molecule has 0 saturated carbocycles. The van der Waals surface area contributed by atoms with Gasteiger partial charge in [0.1, 0.15) is 0 Å². The van der Waals surface area contributed by atoms with Crippen LogP contribution < -0.4 is 0 Å². The zero-order valence-electron chi connectivity index (χ0n) is 13.3. The number of benzene rings is 1. The molecule has 4 heteroatoms. The molecule has 1 aromatic carbocycles. The van der Waals surface area contributed by atoms with Crippen LogP contribution in [0.1, 0.15) is 34.6 Å². The van der Waals surface area contributed by atoms with E-state index in [0.717, 1.165) is 11.1 Å². The highest BCUT2D eigenvalue weighted by molar-refractivity contribution is 8.08. The molecule has 0 fully saturated rings. The Morgan fingerprint density at radius 2 is 1.17 bits per heavy atom. The van der Waals surface area contributed by atoms with E-state index in [1.807, 2.05) is 24.3 Å². The van der Waals surface area contributed by atoms with E-state index >= 15 is 0 Å². The Kier molecular flexibility index (Phi) is 2.69. The zero-order chi connectivity index (χ0) is 16.7. The number of Topliss-reactive ketones (excluding diaryl/α,β-unsaturated/α-hetero) is 2. The van der Waals surface area contributed by atoms with E-state index in [4.69, 9.17) is 0 Å². The van der Waals surface area contributed by atoms with Crippen LogP contribution in [0.4, 0.5) is 0 Å². The van der Waals surface area contributed by atoms with Crippen molar-refractivity contribution < 1.29 is 9.59 Å². The van der Waals surface area contributed by atoms with Gasteiger partial charge < -0.3 is 0 Å². The summed E-state index contributed by atoms with van der Waals surface area (Å²) in [7, 11) is 0. The number of carbonyl (C=O) groups is 2. The van der Waals surface area contributed by atoms with Gasteiger partial charge in [-0.3, -0.25) is 9.59 Å². The third-order valence-electron chi connectivity index (χ3n) is 5.67. The van der Waals surface area contributed by atoms with Crippen molar-refractivity contribution in [1.29, 1.82) is 0 Å². The topological polar surface area (TPSA) is 34.1 Å². The lowest BCUT2D eigenvalue weighted by Gasteiger charge is -2.47. The van der Waals surface area contributed by atoms with Crippen LogP contribution in [0.2, 0.25) is 0 Å². The summed E-state index contributed by atoms with van der Waals surface area (Å²) in [4.78, 5) is 26.5. The number of allylic oxidation sites excluding steroid dienone is 4. The number of hydrogen-bond donors (Lipinski definition) is 0. The number of hydrogen-bond acceptors (Lipinski definition) is 4. The van der Waals surface area contributed by atoms with E-state index in [0.29, 0.717) is 22.3 Å². The Hall–Kier alpha value is -1.78. The highest BCUT2D eigenvalue weighted by atomic mass is 32.2. The number of fused-ring (bicyclic) bond motifs is 5. The molecule has 2 nitrogen and oxygen atoms in total. The second-order valence-corrected chi connectivity index (χ2v) is 9.34. The van der Waals surface area contributed by atoms with Gasteiger partial charge in [0.15, 0.2) is 11.6 Å². The van der Waals surface area contributed by atoms with Crippen molar-refractivity contribution in [3.05, 3.63) is 80.7 Å². The highest BCUT2D eigenvalue weighted by Crippen LogP contribution is 2.64. The lowest BCUT2D eigenvalue weighted by atomic mass is 9.66. The van der Waals surface area contributed by atoms with Crippen LogP contribution in [-0.4, -0.2) is 21.1 Å². The molecule has 0 unspecified atom stereocenters. The molecule has 0 aromatic heterocycles. The minimum absolute atomic E-state index is 0.0200. The first-order valence-electron chi connectivity index (χ1n) is 7.86. The molecule has 2 aliphatic carbocycles. The highest BCUT2D eigenvalue weighted by Gasteiger charge is 2.58. The van der Waals surface area contributed by atoms with Crippen molar-refractivity contribution in [3.8, 4) is 0 Å². The molecule has 5 rings (SSSR count). The first-order valence-corrected chi connectivity index (χ1v) is 9.62. The minimum Gasteiger partial charge on any atom is -0.289 e. The second-order valence-electron chi connectivity index (χ2n) is 6.69. The van der Waals surface area contributed by atoms with Crippen LogP contribution in [0.3, 0.4) is 0 Å². The molecule has 2 heterocycles. The Bertz CT molecular complexity index is 900. The fraction of sp³-hybridized carbons (Fsp3) is 0.200. The van der Waals surface area contributed by atoms with Gasteiger partial charge in [0, 0.05) is 22.3 Å². The molecule has 0 N–H and O–H groups in total. The Morgan fingerprint density at radius 3 is 1.58 bits per heavy atom. The van der Waals surface area contributed by atoms with Crippen LogP contribution in [0.25, 0.3) is 0 Å². The maximum atomic E-state index is 13.3. The molecule has 0 bridgehead atoms. The summed E-state index contributed by atoms with van der Waals surface area (Å²) in [6.45, 7) is 4.38. The van der Waals surface area contributed by atoms with Crippen LogP contribution in [-0.2, 0) is 0 Å². The van der Waals surface area contributed by atoms with E-state index in [-0.39, 0.29) is 21.1 Å². The lowest BCUT2D eigenvalue weighted by Crippen LogP contribution is -2.49. The second kappa shape index (κ2) is 4.44. The molecule has 2 atom stereocenters. The van der Waals surface area contributed by atoms with Crippen LogP contribution in [0.5, 0.6) is 0 Å². The summed E-state index contributed by atoms with van der Waals surface area (Å²) in [6.07, 6.45) is 4.06. The maximum absolute atomic E-state index is 13.3. The summed E-state index contributed by atoms with van der Waals surface area (Å²) in [5.74, 6) is -0.0400. The Balaban J connectivity index is 1.94. The molecule has 0 amide bonds. The number of ketones is 2. The normalized spacial score (nSPS) is 32.9. The number of thioether (sulfide) groups is 2. The standard InChI is InChI=1S/C20H14O2S2/c1-19-13(7-9-23-19)15-16(14-8-10-24-20(14,19)2)18(22)12-6-4-3-5-11(12)17(15)21/h3-10H,1-2H3/t19-,20-/m1/s1. The maximum Gasteiger partial charge on any atom is 0.194 e. The van der Waals surface area contributed by atoms with Crippen molar-refractivity contribution in [3.63, 3.8) is 0 Å². The fourth-order valence-corrected chi connectivity index (χ4v) is 6.70. The Labute approximate surface area is 148 Å². The third kappa shape index (κ3) is 1.43. The summed E-state index contributed by atoms with van der Waals surface area (Å²) in [5.41, 5.74) is 4.28. The third-order valence-corrected chi connectivity index (χ3v) is 8.55. The predicted molar refractivity (Wildman–Crippen MR) is 99.4 cm³/mol. The molecule has 0 spiro atoms. The summed E-state index contributed by atoms with van der Waals surface area (Å²) < 4.78 is -0.477. The van der Waals surface area contributed by atoms with E-state index in [1.54, 1.807) is 35.7 Å². The van der Waals surface area contributed by atoms with Gasteiger partial charge in [-0.1, -0.05) is 36.4 Å². The van der Waals surface area contributed by atoms with Gasteiger partial charge in [-0.05, 0) is 35.8 Å². The molecule has 24 heavy (non-hydrogen) atoms. The summed E-state index contributed by atoms with van der Waals surface area (Å²) in [5, 5.41) is 4.12. The smallest absolute Gasteiger partial charge is 0.194 e. The quantitative estimate of drug-likeness (QED) is 0.678. The first kappa shape index (κ1) is 14.6. The average Bonchev–Trinajstić information content (AvgIpc) is 3.16. The van der Waals surface area contributed by atoms with E-state index in [9.17, 15) is 9.59 Å². The van der Waals surface area contributed by atoms with Crippen LogP contribution in [0.15, 0.2) is 69.5 Å². The van der Waals surface area contributed by atoms with E-state index in [2.05, 4.69) is 24.7 Å². The molecule has 4 aliphatic rings. The van der Waals surface area contributed by atoms with Crippen molar-refractivity contribution in [2.45, 2.75) is 23.3 Å². The van der Waals surface area contributed by atoms with Gasteiger partial charge in [0.05, 0.1) is 9.49 Å². The van der Waals surface area contributed by atoms with Crippen molar-refractivity contribution in [2.24, 2.45) is 0 Å². The van der Waals surface area contributed by atoms with Crippen molar-refractivity contribution in [1.82, 2.24) is 0 Å². The van der Waals surface area contributed by atoms with E-state index in [1.165, 1.54) is 0 Å². The molecule has 118 valence electrons. The molecular weight excluding hydrogens is 336 g/mol. The molecular formula is C20H14O2S2. The molecule has 2 aliphatic heterocycles. The molecule has 1 aromatic rings. The summed E-state index contributed by atoms with van der Waals surface area (Å²) in [6, 6.07) is 7.18. The van der Waals surface area contributed by atoms with Gasteiger partial charge in [0.25, 0.3) is 0 Å².